The van der Waals surface area contributed by atoms with Crippen LogP contribution in [0.15, 0.2) is 12.2 Å². The summed E-state index contributed by atoms with van der Waals surface area (Å²) in [5, 5.41) is 0. The minimum Gasteiger partial charge on any atom is -0.465 e. The Bertz CT molecular complexity index is 397. The number of hydrogen-bond acceptors (Lipinski definition) is 4. The third-order valence-electron chi connectivity index (χ3n) is 3.85. The van der Waals surface area contributed by atoms with E-state index >= 15 is 0 Å². The monoisotopic (exact) mass is 280 g/mol. The Morgan fingerprint density at radius 3 is 2.60 bits per heavy atom. The van der Waals surface area contributed by atoms with Crippen LogP contribution in [0, 0.1) is 17.8 Å². The largest absolute Gasteiger partial charge is 0.465 e. The lowest BCUT2D eigenvalue weighted by Crippen LogP contribution is -2.34. The summed E-state index contributed by atoms with van der Waals surface area (Å²) in [6.45, 7) is 5.41. The number of carbonyl (C=O) groups excluding carboxylic acids is 3. The fraction of sp³-hybridized carbons (Fsp3) is 0.688. The van der Waals surface area contributed by atoms with Gasteiger partial charge in [0, 0.05) is 12.3 Å². The second-order valence-electron chi connectivity index (χ2n) is 5.23. The number of ketones is 2. The molecule has 0 saturated heterocycles. The van der Waals surface area contributed by atoms with E-state index in [1.165, 1.54) is 6.92 Å². The number of carbonyl (C=O) groups is 3. The van der Waals surface area contributed by atoms with Crippen LogP contribution in [0.25, 0.3) is 0 Å². The maximum absolute atomic E-state index is 12.0. The van der Waals surface area contributed by atoms with Crippen LogP contribution in [-0.4, -0.2) is 24.1 Å². The van der Waals surface area contributed by atoms with E-state index in [0.717, 1.165) is 6.42 Å². The van der Waals surface area contributed by atoms with Crippen molar-refractivity contribution >= 4 is 17.5 Å². The van der Waals surface area contributed by atoms with Crippen LogP contribution in [0.1, 0.15) is 46.5 Å². The zero-order valence-corrected chi connectivity index (χ0v) is 12.6. The van der Waals surface area contributed by atoms with Crippen molar-refractivity contribution in [3.05, 3.63) is 12.2 Å². The Kier molecular flexibility index (Phi) is 6.62. The molecule has 4 nitrogen and oxygen atoms in total. The average Bonchev–Trinajstić information content (AvgIpc) is 2.72. The summed E-state index contributed by atoms with van der Waals surface area (Å²) in [5.74, 6) is -1.75. The van der Waals surface area contributed by atoms with E-state index < -0.39 is 11.9 Å². The highest BCUT2D eigenvalue weighted by atomic mass is 16.5. The van der Waals surface area contributed by atoms with E-state index in [0.29, 0.717) is 19.3 Å². The predicted octanol–water partition coefficient (Wildman–Crippen LogP) is 2.71. The van der Waals surface area contributed by atoms with Gasteiger partial charge in [-0.3, -0.25) is 14.4 Å². The highest BCUT2D eigenvalue weighted by Gasteiger charge is 2.44. The van der Waals surface area contributed by atoms with Crippen LogP contribution in [0.3, 0.4) is 0 Å². The molecule has 0 aliphatic heterocycles. The van der Waals surface area contributed by atoms with Gasteiger partial charge in [0.05, 0.1) is 6.61 Å². The molecule has 0 amide bonds. The van der Waals surface area contributed by atoms with Gasteiger partial charge in [-0.2, -0.15) is 0 Å². The lowest BCUT2D eigenvalue weighted by atomic mass is 9.80. The number of hydrogen-bond donors (Lipinski definition) is 0. The first kappa shape index (κ1) is 16.6. The Morgan fingerprint density at radius 1 is 1.35 bits per heavy atom. The zero-order valence-electron chi connectivity index (χ0n) is 12.6. The first-order valence-corrected chi connectivity index (χ1v) is 7.37. The molecule has 0 heterocycles. The van der Waals surface area contributed by atoms with Gasteiger partial charge in [0.15, 0.2) is 0 Å². The van der Waals surface area contributed by atoms with Gasteiger partial charge in [0.2, 0.25) is 0 Å². The van der Waals surface area contributed by atoms with Crippen LogP contribution in [0.2, 0.25) is 0 Å². The highest BCUT2D eigenvalue weighted by Crippen LogP contribution is 2.38. The van der Waals surface area contributed by atoms with E-state index in [-0.39, 0.29) is 30.0 Å². The molecule has 1 aliphatic carbocycles. The maximum atomic E-state index is 12.0. The average molecular weight is 280 g/mol. The summed E-state index contributed by atoms with van der Waals surface area (Å²) in [6, 6.07) is 0. The fourth-order valence-electron chi connectivity index (χ4n) is 2.92. The lowest BCUT2D eigenvalue weighted by molar-refractivity contribution is -0.154. The molecule has 0 aromatic rings. The molecule has 1 fully saturated rings. The maximum Gasteiger partial charge on any atom is 0.316 e. The molecule has 0 spiro atoms. The molecule has 0 N–H and O–H groups in total. The Labute approximate surface area is 120 Å². The summed E-state index contributed by atoms with van der Waals surface area (Å²) in [7, 11) is 0. The standard InChI is InChI=1S/C16H24O4/c1-4-6-7-8-12-13(9-10-14(12)18)15(11(3)17)16(19)20-5-2/h6-7,12-13,15H,4-5,8-10H2,1-3H3/b7-6-. The minimum absolute atomic E-state index is 0.159. The van der Waals surface area contributed by atoms with Gasteiger partial charge in [-0.05, 0) is 39.0 Å². The number of Topliss-reactive ketones (excluding diaryl/α,β-unsaturated/α-hetero) is 2. The van der Waals surface area contributed by atoms with Gasteiger partial charge in [-0.15, -0.1) is 0 Å². The Balaban J connectivity index is 2.87. The van der Waals surface area contributed by atoms with Crippen molar-refractivity contribution in [1.29, 1.82) is 0 Å². The molecular weight excluding hydrogens is 256 g/mol. The van der Waals surface area contributed by atoms with Crippen molar-refractivity contribution < 1.29 is 19.1 Å². The van der Waals surface area contributed by atoms with Gasteiger partial charge < -0.3 is 4.74 Å². The van der Waals surface area contributed by atoms with Crippen molar-refractivity contribution in [2.75, 3.05) is 6.61 Å². The van der Waals surface area contributed by atoms with Gasteiger partial charge in [0.25, 0.3) is 0 Å². The van der Waals surface area contributed by atoms with E-state index in [9.17, 15) is 14.4 Å². The minimum atomic E-state index is -0.790. The molecule has 1 aliphatic rings. The van der Waals surface area contributed by atoms with E-state index in [1.54, 1.807) is 6.92 Å². The third-order valence-corrected chi connectivity index (χ3v) is 3.85. The molecule has 20 heavy (non-hydrogen) atoms. The first-order valence-electron chi connectivity index (χ1n) is 7.37. The highest BCUT2D eigenvalue weighted by molar-refractivity contribution is 5.99. The molecule has 1 rings (SSSR count). The molecule has 1 saturated carbocycles. The SMILES string of the molecule is CC/C=C\CC1C(=O)CCC1C(C(C)=O)C(=O)OCC. The molecule has 3 unspecified atom stereocenters. The molecule has 3 atom stereocenters. The predicted molar refractivity (Wildman–Crippen MR) is 76.1 cm³/mol. The summed E-state index contributed by atoms with van der Waals surface area (Å²) in [5.41, 5.74) is 0. The quantitative estimate of drug-likeness (QED) is 0.409. The summed E-state index contributed by atoms with van der Waals surface area (Å²) in [6.07, 6.45) is 6.57. The third kappa shape index (κ3) is 4.02. The smallest absolute Gasteiger partial charge is 0.316 e. The van der Waals surface area contributed by atoms with E-state index in [4.69, 9.17) is 4.74 Å². The van der Waals surface area contributed by atoms with Crippen molar-refractivity contribution in [1.82, 2.24) is 0 Å². The van der Waals surface area contributed by atoms with E-state index in [1.807, 2.05) is 19.1 Å². The number of esters is 1. The second kappa shape index (κ2) is 7.98. The summed E-state index contributed by atoms with van der Waals surface area (Å²) in [4.78, 5) is 35.8. The molecule has 0 aromatic heterocycles. The second-order valence-corrected chi connectivity index (χ2v) is 5.23. The molecule has 0 aromatic carbocycles. The van der Waals surface area contributed by atoms with Gasteiger partial charge >= 0.3 is 5.97 Å². The van der Waals surface area contributed by atoms with Crippen LogP contribution >= 0.6 is 0 Å². The van der Waals surface area contributed by atoms with Gasteiger partial charge in [-0.1, -0.05) is 19.1 Å². The molecule has 112 valence electrons. The number of allylic oxidation sites excluding steroid dienone is 2. The van der Waals surface area contributed by atoms with Crippen LogP contribution < -0.4 is 0 Å². The van der Waals surface area contributed by atoms with Crippen molar-refractivity contribution in [2.24, 2.45) is 17.8 Å². The summed E-state index contributed by atoms with van der Waals surface area (Å²) >= 11 is 0. The van der Waals surface area contributed by atoms with Crippen LogP contribution in [-0.2, 0) is 19.1 Å². The van der Waals surface area contributed by atoms with Crippen molar-refractivity contribution in [2.45, 2.75) is 46.5 Å². The normalized spacial score (nSPS) is 24.1. The zero-order chi connectivity index (χ0) is 15.1. The Morgan fingerprint density at radius 2 is 2.05 bits per heavy atom. The fourth-order valence-corrected chi connectivity index (χ4v) is 2.92. The molecule has 0 radical (unpaired) electrons. The topological polar surface area (TPSA) is 60.4 Å². The Hall–Kier alpha value is -1.45. The van der Waals surface area contributed by atoms with Crippen LogP contribution in [0.4, 0.5) is 0 Å². The molecule has 4 heteroatoms. The first-order chi connectivity index (χ1) is 9.52. The number of rotatable bonds is 7. The molecular formula is C16H24O4. The van der Waals surface area contributed by atoms with E-state index in [2.05, 4.69) is 0 Å². The van der Waals surface area contributed by atoms with Crippen molar-refractivity contribution in [3.63, 3.8) is 0 Å². The van der Waals surface area contributed by atoms with Gasteiger partial charge in [-0.25, -0.2) is 0 Å². The van der Waals surface area contributed by atoms with Crippen LogP contribution in [0.5, 0.6) is 0 Å². The number of ether oxygens (including phenoxy) is 1. The van der Waals surface area contributed by atoms with Gasteiger partial charge in [0.1, 0.15) is 17.5 Å². The summed E-state index contributed by atoms with van der Waals surface area (Å²) < 4.78 is 5.00. The molecule has 0 bridgehead atoms. The lowest BCUT2D eigenvalue weighted by Gasteiger charge is -2.23. The van der Waals surface area contributed by atoms with Crippen molar-refractivity contribution in [3.8, 4) is 0 Å².